The molecule has 1 atom stereocenters. The van der Waals surface area contributed by atoms with Crippen LogP contribution in [0, 0.1) is 0 Å². The molecule has 3 aliphatic rings. The highest BCUT2D eigenvalue weighted by molar-refractivity contribution is 7.86. The molecule has 0 radical (unpaired) electrons. The van der Waals surface area contributed by atoms with E-state index in [1.807, 2.05) is 46.8 Å². The third kappa shape index (κ3) is 12.5. The minimum Gasteiger partial charge on any atom is -0.492 e. The Bertz CT molecular complexity index is 2630. The van der Waals surface area contributed by atoms with Crippen LogP contribution in [-0.4, -0.2) is 105 Å². The number of nitrogens with zero attached hydrogens (tertiary/aromatic N) is 3. The Morgan fingerprint density at radius 1 is 0.852 bits per heavy atom. The van der Waals surface area contributed by atoms with E-state index in [2.05, 4.69) is 0 Å². The summed E-state index contributed by atoms with van der Waals surface area (Å²) >= 11 is 0. The second kappa shape index (κ2) is 19.8. The maximum Gasteiger partial charge on any atom is 0.333 e. The van der Waals surface area contributed by atoms with E-state index in [-0.39, 0.29) is 30.6 Å². The molecule has 1 unspecified atom stereocenters. The van der Waals surface area contributed by atoms with Gasteiger partial charge >= 0.3 is 5.97 Å². The van der Waals surface area contributed by atoms with Gasteiger partial charge in [-0.05, 0) is 80.1 Å². The second-order valence-corrected chi connectivity index (χ2v) is 19.3. The lowest BCUT2D eigenvalue weighted by atomic mass is 9.77. The van der Waals surface area contributed by atoms with Crippen molar-refractivity contribution in [2.24, 2.45) is 0 Å². The molecule has 0 saturated heterocycles. The Hall–Kier alpha value is -5.03. The maximum atomic E-state index is 12.4. The number of allylic oxidation sites excluding steroid dienone is 3. The maximum absolute atomic E-state index is 12.4. The van der Waals surface area contributed by atoms with E-state index in [4.69, 9.17) is 14.0 Å². The number of carbonyl (C=O) groups excluding carboxylic acids is 1. The fourth-order valence-corrected chi connectivity index (χ4v) is 8.88. The lowest BCUT2D eigenvalue weighted by Gasteiger charge is -2.30. The fourth-order valence-electron chi connectivity index (χ4n) is 7.37. The quantitative estimate of drug-likeness (QED) is 0.0448. The zero-order valence-electron chi connectivity index (χ0n) is 33.6. The van der Waals surface area contributed by atoms with Crippen LogP contribution in [0.5, 0.6) is 11.8 Å². The van der Waals surface area contributed by atoms with Crippen molar-refractivity contribution in [1.29, 1.82) is 0 Å². The SMILES string of the molecule is COCC[N+](CCCS(=O)(=O)O)=c1ccc2c(C=CC=C3N(CCCCCC(=O)On4c(O)ccc4O)c4ccc(S(=O)(=O)O)cc4C3(C)CCCS(=O)(=O)O)ccoc-2c1. The van der Waals surface area contributed by atoms with Crippen LogP contribution in [0.4, 0.5) is 5.69 Å². The summed E-state index contributed by atoms with van der Waals surface area (Å²) in [5, 5.41) is 20.3. The van der Waals surface area contributed by atoms with Gasteiger partial charge in [-0.3, -0.25) is 13.7 Å². The van der Waals surface area contributed by atoms with Gasteiger partial charge in [0.15, 0.2) is 6.54 Å². The second-order valence-electron chi connectivity index (χ2n) is 14.7. The van der Waals surface area contributed by atoms with E-state index in [1.54, 1.807) is 25.3 Å². The van der Waals surface area contributed by atoms with E-state index in [0.29, 0.717) is 72.9 Å². The molecule has 1 aromatic heterocycles. The summed E-state index contributed by atoms with van der Waals surface area (Å²) in [4.78, 5) is 19.1. The Kier molecular flexibility index (Phi) is 15.2. The van der Waals surface area contributed by atoms with Gasteiger partial charge in [0.2, 0.25) is 17.1 Å². The van der Waals surface area contributed by atoms with Crippen LogP contribution in [0.1, 0.15) is 63.0 Å². The first-order valence-corrected chi connectivity index (χ1v) is 23.9. The molecule has 0 saturated carbocycles. The molecule has 1 aliphatic carbocycles. The Labute approximate surface area is 354 Å². The van der Waals surface area contributed by atoms with Crippen LogP contribution in [-0.2, 0) is 45.3 Å². The molecule has 0 bridgehead atoms. The van der Waals surface area contributed by atoms with Gasteiger partial charge in [0, 0.05) is 67.1 Å². The highest BCUT2D eigenvalue weighted by atomic mass is 32.2. The normalized spacial score (nSPS) is 17.1. The zero-order chi connectivity index (χ0) is 44.6. The van der Waals surface area contributed by atoms with Crippen LogP contribution in [0.2, 0.25) is 0 Å². The summed E-state index contributed by atoms with van der Waals surface area (Å²) in [6.45, 7) is 3.35. The molecule has 0 spiro atoms. The molecule has 0 amide bonds. The minimum atomic E-state index is -4.63. The Morgan fingerprint density at radius 2 is 1.56 bits per heavy atom. The first kappa shape index (κ1) is 47.0. The van der Waals surface area contributed by atoms with Gasteiger partial charge in [-0.25, -0.2) is 9.37 Å². The van der Waals surface area contributed by atoms with E-state index >= 15 is 0 Å². The van der Waals surface area contributed by atoms with Gasteiger partial charge in [0.1, 0.15) is 18.9 Å². The summed E-state index contributed by atoms with van der Waals surface area (Å²) in [5.74, 6) is -1.98. The van der Waals surface area contributed by atoms with Gasteiger partial charge in [-0.2, -0.15) is 25.3 Å². The minimum absolute atomic E-state index is 0.0127. The number of methoxy groups -OCH3 is 1. The lowest BCUT2D eigenvalue weighted by Crippen LogP contribution is -2.34. The topological polar surface area (TPSA) is 263 Å². The first-order valence-electron chi connectivity index (χ1n) is 19.3. The van der Waals surface area contributed by atoms with Crippen molar-refractivity contribution in [3.63, 3.8) is 0 Å². The third-order valence-electron chi connectivity index (χ3n) is 10.3. The molecule has 5 N–H and O–H groups in total. The predicted octanol–water partition coefficient (Wildman–Crippen LogP) is 4.10. The number of aromatic nitrogens is 1. The number of ether oxygens (including phenoxy) is 1. The van der Waals surface area contributed by atoms with Crippen molar-refractivity contribution in [3.05, 3.63) is 95.2 Å². The van der Waals surface area contributed by atoms with Crippen LogP contribution < -0.4 is 19.7 Å². The summed E-state index contributed by atoms with van der Waals surface area (Å²) < 4.78 is 113. The number of hydrogen-bond donors (Lipinski definition) is 5. The number of unbranched alkanes of at least 4 members (excludes halogenated alkanes) is 2. The highest BCUT2D eigenvalue weighted by Gasteiger charge is 2.43. The van der Waals surface area contributed by atoms with Crippen LogP contribution in [0.15, 0.2) is 88.0 Å². The van der Waals surface area contributed by atoms with Gasteiger partial charge in [-0.1, -0.05) is 18.6 Å². The number of carbonyl (C=O) groups is 1. The summed E-state index contributed by atoms with van der Waals surface area (Å²) in [5.41, 5.74) is 2.29. The van der Waals surface area contributed by atoms with Crippen LogP contribution >= 0.6 is 0 Å². The average molecular weight is 909 g/mol. The largest absolute Gasteiger partial charge is 0.492 e. The Balaban J connectivity index is 1.47. The molecule has 21 heteroatoms. The average Bonchev–Trinajstić information content (AvgIpc) is 3.61. The molecule has 3 heterocycles. The third-order valence-corrected chi connectivity index (χ3v) is 12.8. The zero-order valence-corrected chi connectivity index (χ0v) is 36.0. The van der Waals surface area contributed by atoms with Crippen LogP contribution in [0.25, 0.3) is 17.4 Å². The molecule has 1 aromatic carbocycles. The van der Waals surface area contributed by atoms with Gasteiger partial charge in [0.25, 0.3) is 30.4 Å². The first-order chi connectivity index (χ1) is 28.7. The van der Waals surface area contributed by atoms with Crippen molar-refractivity contribution in [2.75, 3.05) is 49.8 Å². The summed E-state index contributed by atoms with van der Waals surface area (Å²) in [7, 11) is -11.5. The predicted molar refractivity (Wildman–Crippen MR) is 225 cm³/mol. The number of aromatic hydroxyl groups is 2. The number of benzene rings is 2. The van der Waals surface area contributed by atoms with Gasteiger partial charge in [0.05, 0.1) is 28.7 Å². The monoisotopic (exact) mass is 908 g/mol. The van der Waals surface area contributed by atoms with E-state index < -0.39 is 65.0 Å². The van der Waals surface area contributed by atoms with Crippen LogP contribution in [0.3, 0.4) is 0 Å². The summed E-state index contributed by atoms with van der Waals surface area (Å²) in [6, 6.07) is 13.8. The Morgan fingerprint density at radius 3 is 2.23 bits per heavy atom. The molecule has 2 aliphatic heterocycles. The number of hydrogen-bond acceptors (Lipinski definition) is 13. The standard InChI is InChI=1S/C40H49N3O15S3/c1-40(19-7-25-59(47,48)49)33-28-31(61(53,54)55)13-15-34(33)42(21-5-3-4-11-39(46)58-43-37(44)16-17-38(43)45)36(40)10-6-9-29-18-23-57-35-27-30(12-14-32(29)35)41(22-24-56-2)20-8-26-60(50,51)52/h6,9-10,12-18,23,27-28H,3-5,7-8,11,19-22,24-26H2,1-2H3,(H4-,44,45,47,48,49,50,51,52,53,54,55)/p+1. The van der Waals surface area contributed by atoms with Crippen molar-refractivity contribution in [3.8, 4) is 23.1 Å². The number of fused-ring (bicyclic) bond motifs is 2. The van der Waals surface area contributed by atoms with E-state index in [9.17, 15) is 53.9 Å². The molecular formula is C40H50N3O15S3+. The van der Waals surface area contributed by atoms with Crippen molar-refractivity contribution >= 4 is 48.1 Å². The molecule has 61 heavy (non-hydrogen) atoms. The van der Waals surface area contributed by atoms with Gasteiger partial charge in [-0.15, -0.1) is 4.73 Å². The van der Waals surface area contributed by atoms with Crippen molar-refractivity contribution in [1.82, 2.24) is 9.31 Å². The molecule has 332 valence electrons. The number of rotatable bonds is 21. The highest BCUT2D eigenvalue weighted by Crippen LogP contribution is 2.51. The van der Waals surface area contributed by atoms with Crippen molar-refractivity contribution in [2.45, 2.75) is 62.2 Å². The summed E-state index contributed by atoms with van der Waals surface area (Å²) in [6.07, 6.45) is 8.76. The molecule has 2 aromatic rings. The van der Waals surface area contributed by atoms with E-state index in [1.165, 1.54) is 30.5 Å². The van der Waals surface area contributed by atoms with Crippen molar-refractivity contribution < 1.29 is 67.9 Å². The van der Waals surface area contributed by atoms with E-state index in [0.717, 1.165) is 16.5 Å². The van der Waals surface area contributed by atoms with Gasteiger partial charge < -0.3 is 29.1 Å². The number of anilines is 1. The smallest absolute Gasteiger partial charge is 0.333 e. The molecule has 0 fully saturated rings. The molecular weight excluding hydrogens is 859 g/mol. The molecule has 18 nitrogen and oxygen atoms in total. The fraction of sp³-hybridized carbons (Fsp3) is 0.400. The molecule has 5 rings (SSSR count). The lowest BCUT2D eigenvalue weighted by molar-refractivity contribution is -0.145.